The first-order chi connectivity index (χ1) is 9.47. The van der Waals surface area contributed by atoms with E-state index < -0.39 is 5.97 Å². The maximum atomic E-state index is 10.9. The van der Waals surface area contributed by atoms with E-state index in [-0.39, 0.29) is 11.3 Å². The number of nitrogens with zero attached hydrogens (tertiary/aromatic N) is 1. The molecule has 0 bridgehead atoms. The summed E-state index contributed by atoms with van der Waals surface area (Å²) in [6.45, 7) is 0. The molecule has 0 radical (unpaired) electrons. The van der Waals surface area contributed by atoms with Crippen molar-refractivity contribution in [2.75, 3.05) is 24.7 Å². The van der Waals surface area contributed by atoms with E-state index in [1.807, 2.05) is 43.3 Å². The Hall–Kier alpha value is -2.69. The van der Waals surface area contributed by atoms with Gasteiger partial charge in [0.05, 0.1) is 5.56 Å². The zero-order chi connectivity index (χ0) is 14.7. The zero-order valence-corrected chi connectivity index (χ0v) is 11.3. The molecule has 0 aliphatic rings. The fourth-order valence-corrected chi connectivity index (χ4v) is 1.76. The van der Waals surface area contributed by atoms with Gasteiger partial charge in [0.1, 0.15) is 11.5 Å². The first-order valence-electron chi connectivity index (χ1n) is 6.05. The smallest absolute Gasteiger partial charge is 0.337 e. The highest BCUT2D eigenvalue weighted by atomic mass is 16.5. The number of hydrogen-bond donors (Lipinski definition) is 2. The Morgan fingerprint density at radius 1 is 1.15 bits per heavy atom. The van der Waals surface area contributed by atoms with Gasteiger partial charge in [0, 0.05) is 37.6 Å². The van der Waals surface area contributed by atoms with E-state index in [0.717, 1.165) is 5.69 Å². The van der Waals surface area contributed by atoms with Crippen LogP contribution in [0, 0.1) is 0 Å². The third-order valence-electron chi connectivity index (χ3n) is 2.82. The van der Waals surface area contributed by atoms with Crippen LogP contribution in [-0.4, -0.2) is 25.2 Å². The van der Waals surface area contributed by atoms with E-state index in [4.69, 9.17) is 15.6 Å². The lowest BCUT2D eigenvalue weighted by molar-refractivity contribution is 0.0698. The van der Waals surface area contributed by atoms with E-state index in [0.29, 0.717) is 11.5 Å². The number of rotatable bonds is 4. The molecular weight excluding hydrogens is 256 g/mol. The van der Waals surface area contributed by atoms with Gasteiger partial charge in [0.15, 0.2) is 0 Å². The molecule has 2 aromatic rings. The fourth-order valence-electron chi connectivity index (χ4n) is 1.76. The lowest BCUT2D eigenvalue weighted by Crippen LogP contribution is -2.08. The van der Waals surface area contributed by atoms with Crippen LogP contribution in [0.5, 0.6) is 11.5 Å². The molecule has 0 spiro atoms. The molecule has 20 heavy (non-hydrogen) atoms. The van der Waals surface area contributed by atoms with E-state index in [1.54, 1.807) is 6.07 Å². The second kappa shape index (κ2) is 5.52. The van der Waals surface area contributed by atoms with E-state index in [9.17, 15) is 4.79 Å². The summed E-state index contributed by atoms with van der Waals surface area (Å²) in [5.74, 6) is 0.116. The average molecular weight is 272 g/mol. The summed E-state index contributed by atoms with van der Waals surface area (Å²) in [5.41, 5.74) is 6.95. The Balaban J connectivity index is 2.24. The van der Waals surface area contributed by atoms with Crippen molar-refractivity contribution < 1.29 is 14.6 Å². The maximum absolute atomic E-state index is 10.9. The Morgan fingerprint density at radius 2 is 1.85 bits per heavy atom. The summed E-state index contributed by atoms with van der Waals surface area (Å²) in [5, 5.41) is 8.92. The van der Waals surface area contributed by atoms with Crippen LogP contribution in [0.15, 0.2) is 42.5 Å². The van der Waals surface area contributed by atoms with Crippen molar-refractivity contribution in [1.82, 2.24) is 0 Å². The normalized spacial score (nSPS) is 10.1. The van der Waals surface area contributed by atoms with Crippen molar-refractivity contribution in [3.8, 4) is 11.5 Å². The summed E-state index contributed by atoms with van der Waals surface area (Å²) in [6, 6.07) is 12.1. The van der Waals surface area contributed by atoms with Gasteiger partial charge in [0.2, 0.25) is 0 Å². The van der Waals surface area contributed by atoms with Crippen LogP contribution in [0.25, 0.3) is 0 Å². The summed E-state index contributed by atoms with van der Waals surface area (Å²) < 4.78 is 5.69. The number of ether oxygens (including phenoxy) is 1. The number of nitrogens with two attached hydrogens (primary N) is 1. The second-order valence-electron chi connectivity index (χ2n) is 4.55. The first-order valence-corrected chi connectivity index (χ1v) is 6.05. The van der Waals surface area contributed by atoms with Crippen LogP contribution in [0.1, 0.15) is 10.4 Å². The number of aromatic carboxylic acids is 1. The van der Waals surface area contributed by atoms with Gasteiger partial charge < -0.3 is 20.5 Å². The quantitative estimate of drug-likeness (QED) is 0.837. The fraction of sp³-hybridized carbons (Fsp3) is 0.133. The molecule has 2 aromatic carbocycles. The van der Waals surface area contributed by atoms with Gasteiger partial charge in [-0.15, -0.1) is 0 Å². The molecule has 0 saturated carbocycles. The van der Waals surface area contributed by atoms with Crippen molar-refractivity contribution in [1.29, 1.82) is 0 Å². The van der Waals surface area contributed by atoms with Crippen LogP contribution in [0.2, 0.25) is 0 Å². The van der Waals surface area contributed by atoms with Crippen LogP contribution >= 0.6 is 0 Å². The van der Waals surface area contributed by atoms with Crippen molar-refractivity contribution in [2.24, 2.45) is 0 Å². The molecule has 0 fully saturated rings. The minimum atomic E-state index is -1.05. The Kier molecular flexibility index (Phi) is 3.79. The first kappa shape index (κ1) is 13.7. The highest BCUT2D eigenvalue weighted by molar-refractivity contribution is 5.93. The molecule has 0 aliphatic carbocycles. The van der Waals surface area contributed by atoms with Gasteiger partial charge in [-0.1, -0.05) is 6.07 Å². The van der Waals surface area contributed by atoms with Crippen LogP contribution < -0.4 is 15.4 Å². The van der Waals surface area contributed by atoms with Crippen LogP contribution in [0.3, 0.4) is 0 Å². The van der Waals surface area contributed by atoms with Gasteiger partial charge in [-0.25, -0.2) is 4.79 Å². The van der Waals surface area contributed by atoms with Crippen LogP contribution in [0.4, 0.5) is 11.4 Å². The van der Waals surface area contributed by atoms with Gasteiger partial charge in [-0.3, -0.25) is 0 Å². The summed E-state index contributed by atoms with van der Waals surface area (Å²) in [6.07, 6.45) is 0. The molecule has 0 atom stereocenters. The lowest BCUT2D eigenvalue weighted by Gasteiger charge is -2.14. The zero-order valence-electron chi connectivity index (χ0n) is 11.3. The molecule has 2 rings (SSSR count). The molecule has 104 valence electrons. The van der Waals surface area contributed by atoms with E-state index >= 15 is 0 Å². The van der Waals surface area contributed by atoms with E-state index in [2.05, 4.69) is 0 Å². The third kappa shape index (κ3) is 3.00. The van der Waals surface area contributed by atoms with Crippen LogP contribution in [-0.2, 0) is 0 Å². The van der Waals surface area contributed by atoms with E-state index in [1.165, 1.54) is 12.1 Å². The molecule has 0 unspecified atom stereocenters. The molecule has 5 nitrogen and oxygen atoms in total. The Labute approximate surface area is 117 Å². The SMILES string of the molecule is CN(C)c1cccc(Oc2ccc(C(=O)O)c(N)c2)c1. The molecule has 0 aromatic heterocycles. The molecule has 5 heteroatoms. The standard InChI is InChI=1S/C15H16N2O3/c1-17(2)10-4-3-5-11(8-10)20-12-6-7-13(15(18)19)14(16)9-12/h3-9H,16H2,1-2H3,(H,18,19). The van der Waals surface area contributed by atoms with Crippen molar-refractivity contribution >= 4 is 17.3 Å². The third-order valence-corrected chi connectivity index (χ3v) is 2.82. The monoisotopic (exact) mass is 272 g/mol. The van der Waals surface area contributed by atoms with Gasteiger partial charge >= 0.3 is 5.97 Å². The number of carbonyl (C=O) groups is 1. The van der Waals surface area contributed by atoms with Crippen molar-refractivity contribution in [3.63, 3.8) is 0 Å². The number of anilines is 2. The minimum Gasteiger partial charge on any atom is -0.478 e. The van der Waals surface area contributed by atoms with Gasteiger partial charge in [-0.05, 0) is 24.3 Å². The molecule has 0 aliphatic heterocycles. The summed E-state index contributed by atoms with van der Waals surface area (Å²) in [7, 11) is 3.89. The number of carboxylic acid groups (broad SMARTS) is 1. The van der Waals surface area contributed by atoms with Gasteiger partial charge in [-0.2, -0.15) is 0 Å². The Bertz CT molecular complexity index is 639. The molecule has 0 heterocycles. The molecular formula is C15H16N2O3. The largest absolute Gasteiger partial charge is 0.478 e. The predicted octanol–water partition coefficient (Wildman–Crippen LogP) is 2.83. The maximum Gasteiger partial charge on any atom is 0.337 e. The number of benzene rings is 2. The highest BCUT2D eigenvalue weighted by Gasteiger charge is 2.09. The predicted molar refractivity (Wildman–Crippen MR) is 78.7 cm³/mol. The molecule has 0 saturated heterocycles. The lowest BCUT2D eigenvalue weighted by atomic mass is 10.2. The second-order valence-corrected chi connectivity index (χ2v) is 4.55. The number of nitrogen functional groups attached to an aromatic ring is 1. The van der Waals surface area contributed by atoms with Gasteiger partial charge in [0.25, 0.3) is 0 Å². The van der Waals surface area contributed by atoms with Crippen molar-refractivity contribution in [2.45, 2.75) is 0 Å². The molecule has 3 N–H and O–H groups in total. The number of hydrogen-bond acceptors (Lipinski definition) is 4. The average Bonchev–Trinajstić information content (AvgIpc) is 2.38. The van der Waals surface area contributed by atoms with Crippen molar-refractivity contribution in [3.05, 3.63) is 48.0 Å². The highest BCUT2D eigenvalue weighted by Crippen LogP contribution is 2.27. The summed E-state index contributed by atoms with van der Waals surface area (Å²) in [4.78, 5) is 12.9. The Morgan fingerprint density at radius 3 is 2.45 bits per heavy atom. The summed E-state index contributed by atoms with van der Waals surface area (Å²) >= 11 is 0. The number of carboxylic acids is 1. The molecule has 0 amide bonds. The minimum absolute atomic E-state index is 0.0689. The topological polar surface area (TPSA) is 75.8 Å².